The van der Waals surface area contributed by atoms with Crippen LogP contribution in [0.4, 0.5) is 10.5 Å². The molecule has 1 rings (SSSR count). The number of amides is 3. The van der Waals surface area contributed by atoms with Crippen LogP contribution < -0.4 is 16.4 Å². The van der Waals surface area contributed by atoms with Crippen LogP contribution in [0.15, 0.2) is 18.3 Å². The van der Waals surface area contributed by atoms with E-state index in [9.17, 15) is 14.4 Å². The molecule has 0 spiro atoms. The first-order chi connectivity index (χ1) is 9.79. The number of nitrogens with one attached hydrogen (secondary N) is 2. The predicted octanol–water partition coefficient (Wildman–Crippen LogP) is 0.340. The van der Waals surface area contributed by atoms with Crippen molar-refractivity contribution in [2.24, 2.45) is 11.7 Å². The number of urea groups is 1. The van der Waals surface area contributed by atoms with E-state index >= 15 is 0 Å². The molecule has 1 heterocycles. The fourth-order valence-electron chi connectivity index (χ4n) is 1.63. The zero-order chi connectivity index (χ0) is 16.0. The highest BCUT2D eigenvalue weighted by Gasteiger charge is 2.21. The number of aliphatic carboxylic acids is 1. The molecule has 0 bridgehead atoms. The Balaban J connectivity index is 2.62. The van der Waals surface area contributed by atoms with Gasteiger partial charge in [0.15, 0.2) is 0 Å². The van der Waals surface area contributed by atoms with Crippen molar-refractivity contribution in [1.82, 2.24) is 10.3 Å². The van der Waals surface area contributed by atoms with Crippen LogP contribution in [0.3, 0.4) is 0 Å². The summed E-state index contributed by atoms with van der Waals surface area (Å²) in [5, 5.41) is 13.6. The molecule has 8 nitrogen and oxygen atoms in total. The van der Waals surface area contributed by atoms with Crippen LogP contribution in [-0.4, -0.2) is 34.0 Å². The molecule has 3 amide bonds. The van der Waals surface area contributed by atoms with Crippen molar-refractivity contribution in [2.75, 3.05) is 5.32 Å². The molecule has 0 aliphatic heterocycles. The van der Waals surface area contributed by atoms with E-state index in [0.29, 0.717) is 11.4 Å². The minimum atomic E-state index is -0.984. The lowest BCUT2D eigenvalue weighted by Gasteiger charge is -2.19. The Morgan fingerprint density at radius 1 is 1.33 bits per heavy atom. The second-order valence-electron chi connectivity index (χ2n) is 4.83. The summed E-state index contributed by atoms with van der Waals surface area (Å²) < 4.78 is 0. The van der Waals surface area contributed by atoms with E-state index in [1.165, 1.54) is 18.3 Å². The van der Waals surface area contributed by atoms with Gasteiger partial charge in [0.25, 0.3) is 0 Å². The molecular weight excluding hydrogens is 276 g/mol. The Morgan fingerprint density at radius 3 is 2.43 bits per heavy atom. The van der Waals surface area contributed by atoms with Crippen LogP contribution in [-0.2, 0) is 16.0 Å². The molecule has 1 unspecified atom stereocenters. The Kier molecular flexibility index (Phi) is 5.65. The molecule has 0 aliphatic rings. The smallest absolute Gasteiger partial charge is 0.319 e. The van der Waals surface area contributed by atoms with Gasteiger partial charge in [0, 0.05) is 0 Å². The van der Waals surface area contributed by atoms with Crippen molar-refractivity contribution in [3.05, 3.63) is 24.0 Å². The Hall–Kier alpha value is -2.64. The second kappa shape index (κ2) is 7.22. The van der Waals surface area contributed by atoms with Gasteiger partial charge in [0.05, 0.1) is 24.0 Å². The summed E-state index contributed by atoms with van der Waals surface area (Å²) in [4.78, 5) is 37.4. The molecule has 8 heteroatoms. The predicted molar refractivity (Wildman–Crippen MR) is 75.6 cm³/mol. The van der Waals surface area contributed by atoms with E-state index in [2.05, 4.69) is 15.6 Å². The quantitative estimate of drug-likeness (QED) is 0.600. The van der Waals surface area contributed by atoms with Gasteiger partial charge in [-0.05, 0) is 18.1 Å². The minimum absolute atomic E-state index is 0.135. The van der Waals surface area contributed by atoms with E-state index in [0.717, 1.165) is 0 Å². The topological polar surface area (TPSA) is 134 Å². The maximum atomic E-state index is 11.7. The SMILES string of the molecule is CC(C)C(NC(=O)Nc1ccc(CC(=O)O)nc1)C(N)=O. The van der Waals surface area contributed by atoms with Gasteiger partial charge < -0.3 is 21.5 Å². The molecule has 0 fully saturated rings. The monoisotopic (exact) mass is 294 g/mol. The number of pyridine rings is 1. The molecule has 5 N–H and O–H groups in total. The minimum Gasteiger partial charge on any atom is -0.481 e. The van der Waals surface area contributed by atoms with E-state index < -0.39 is 23.9 Å². The highest BCUT2D eigenvalue weighted by atomic mass is 16.4. The lowest BCUT2D eigenvalue weighted by Crippen LogP contribution is -2.49. The summed E-state index contributed by atoms with van der Waals surface area (Å²) in [5.41, 5.74) is 5.96. The van der Waals surface area contributed by atoms with Crippen LogP contribution in [0.2, 0.25) is 0 Å². The molecule has 1 atom stereocenters. The van der Waals surface area contributed by atoms with Crippen molar-refractivity contribution >= 4 is 23.6 Å². The molecule has 1 aromatic rings. The van der Waals surface area contributed by atoms with Gasteiger partial charge in [-0.25, -0.2) is 4.79 Å². The Bertz CT molecular complexity index is 527. The van der Waals surface area contributed by atoms with Crippen LogP contribution in [0.1, 0.15) is 19.5 Å². The summed E-state index contributed by atoms with van der Waals surface area (Å²) >= 11 is 0. The lowest BCUT2D eigenvalue weighted by molar-refractivity contribution is -0.136. The number of hydrogen-bond acceptors (Lipinski definition) is 4. The normalized spacial score (nSPS) is 11.8. The van der Waals surface area contributed by atoms with Crippen molar-refractivity contribution in [3.8, 4) is 0 Å². The summed E-state index contributed by atoms with van der Waals surface area (Å²) in [6.07, 6.45) is 1.15. The Labute approximate surface area is 121 Å². The van der Waals surface area contributed by atoms with Crippen LogP contribution >= 0.6 is 0 Å². The number of carboxylic acids is 1. The van der Waals surface area contributed by atoms with Crippen LogP contribution in [0.5, 0.6) is 0 Å². The maximum absolute atomic E-state index is 11.7. The lowest BCUT2D eigenvalue weighted by atomic mass is 10.0. The highest BCUT2D eigenvalue weighted by molar-refractivity contribution is 5.93. The summed E-state index contributed by atoms with van der Waals surface area (Å²) in [6, 6.07) is 1.67. The Morgan fingerprint density at radius 2 is 2.00 bits per heavy atom. The number of carboxylic acid groups (broad SMARTS) is 1. The number of hydrogen-bond donors (Lipinski definition) is 4. The average molecular weight is 294 g/mol. The van der Waals surface area contributed by atoms with Gasteiger partial charge >= 0.3 is 12.0 Å². The first kappa shape index (κ1) is 16.4. The molecule has 0 radical (unpaired) electrons. The van der Waals surface area contributed by atoms with Crippen molar-refractivity contribution < 1.29 is 19.5 Å². The molecule has 0 aliphatic carbocycles. The third-order valence-corrected chi connectivity index (χ3v) is 2.67. The van der Waals surface area contributed by atoms with E-state index in [1.807, 2.05) is 0 Å². The third kappa shape index (κ3) is 5.47. The second-order valence-corrected chi connectivity index (χ2v) is 4.83. The standard InChI is InChI=1S/C13H18N4O4/c1-7(2)11(12(14)20)17-13(21)16-9-4-3-8(15-6-9)5-10(18)19/h3-4,6-7,11H,5H2,1-2H3,(H2,14,20)(H,18,19)(H2,16,17,21). The van der Waals surface area contributed by atoms with E-state index in [-0.39, 0.29) is 12.3 Å². The van der Waals surface area contributed by atoms with Crippen LogP contribution in [0, 0.1) is 5.92 Å². The van der Waals surface area contributed by atoms with Gasteiger partial charge in [0.2, 0.25) is 5.91 Å². The molecular formula is C13H18N4O4. The number of anilines is 1. The largest absolute Gasteiger partial charge is 0.481 e. The molecule has 114 valence electrons. The number of primary amides is 1. The van der Waals surface area contributed by atoms with E-state index in [1.54, 1.807) is 13.8 Å². The first-order valence-corrected chi connectivity index (χ1v) is 6.33. The summed E-state index contributed by atoms with van der Waals surface area (Å²) in [7, 11) is 0. The molecule has 1 aromatic heterocycles. The van der Waals surface area contributed by atoms with Gasteiger partial charge in [-0.1, -0.05) is 13.8 Å². The molecule has 0 aromatic carbocycles. The molecule has 0 saturated heterocycles. The third-order valence-electron chi connectivity index (χ3n) is 2.67. The summed E-state index contributed by atoms with van der Waals surface area (Å²) in [6.45, 7) is 3.52. The van der Waals surface area contributed by atoms with Gasteiger partial charge in [-0.3, -0.25) is 14.6 Å². The number of carbonyl (C=O) groups excluding carboxylic acids is 2. The van der Waals surface area contributed by atoms with Gasteiger partial charge in [0.1, 0.15) is 6.04 Å². The average Bonchev–Trinajstić information content (AvgIpc) is 2.37. The summed E-state index contributed by atoms with van der Waals surface area (Å²) in [5.74, 6) is -1.73. The maximum Gasteiger partial charge on any atom is 0.319 e. The molecule has 21 heavy (non-hydrogen) atoms. The van der Waals surface area contributed by atoms with Crippen LogP contribution in [0.25, 0.3) is 0 Å². The van der Waals surface area contributed by atoms with E-state index in [4.69, 9.17) is 10.8 Å². The number of aromatic nitrogens is 1. The zero-order valence-electron chi connectivity index (χ0n) is 11.8. The van der Waals surface area contributed by atoms with Gasteiger partial charge in [-0.15, -0.1) is 0 Å². The first-order valence-electron chi connectivity index (χ1n) is 6.33. The number of rotatable bonds is 6. The zero-order valence-corrected chi connectivity index (χ0v) is 11.8. The number of nitrogens with two attached hydrogens (primary N) is 1. The number of nitrogens with zero attached hydrogens (tertiary/aromatic N) is 1. The van der Waals surface area contributed by atoms with Gasteiger partial charge in [-0.2, -0.15) is 0 Å². The fourth-order valence-corrected chi connectivity index (χ4v) is 1.63. The van der Waals surface area contributed by atoms with Crippen molar-refractivity contribution in [1.29, 1.82) is 0 Å². The van der Waals surface area contributed by atoms with Crippen molar-refractivity contribution in [2.45, 2.75) is 26.3 Å². The van der Waals surface area contributed by atoms with Crippen molar-refractivity contribution in [3.63, 3.8) is 0 Å². The fraction of sp³-hybridized carbons (Fsp3) is 0.385. The molecule has 0 saturated carbocycles. The highest BCUT2D eigenvalue weighted by Crippen LogP contribution is 2.07. The number of carbonyl (C=O) groups is 3.